The van der Waals surface area contributed by atoms with Crippen molar-refractivity contribution in [3.8, 4) is 5.75 Å². The van der Waals surface area contributed by atoms with Gasteiger partial charge in [0.2, 0.25) is 0 Å². The summed E-state index contributed by atoms with van der Waals surface area (Å²) in [5, 5.41) is 1.24. The maximum absolute atomic E-state index is 13.5. The molecule has 1 aliphatic heterocycles. The van der Waals surface area contributed by atoms with Gasteiger partial charge >= 0.3 is 0 Å². The molecule has 0 radical (unpaired) electrons. The monoisotopic (exact) mass is 396 g/mol. The summed E-state index contributed by atoms with van der Waals surface area (Å²) in [6.07, 6.45) is 0.837. The van der Waals surface area contributed by atoms with E-state index in [4.69, 9.17) is 4.74 Å². The van der Waals surface area contributed by atoms with E-state index in [0.29, 0.717) is 6.54 Å². The van der Waals surface area contributed by atoms with Crippen molar-refractivity contribution in [1.82, 2.24) is 9.88 Å². The zero-order valence-corrected chi connectivity index (χ0v) is 17.2. The van der Waals surface area contributed by atoms with Crippen molar-refractivity contribution < 1.29 is 9.53 Å². The van der Waals surface area contributed by atoms with Crippen molar-refractivity contribution in [2.24, 2.45) is 0 Å². The van der Waals surface area contributed by atoms with Crippen LogP contribution in [0.4, 0.5) is 0 Å². The van der Waals surface area contributed by atoms with Gasteiger partial charge in [-0.3, -0.25) is 4.79 Å². The molecule has 30 heavy (non-hydrogen) atoms. The summed E-state index contributed by atoms with van der Waals surface area (Å²) in [5.41, 5.74) is 6.47. The van der Waals surface area contributed by atoms with Crippen LogP contribution in [0.2, 0.25) is 0 Å². The Hall–Kier alpha value is -3.53. The maximum Gasteiger partial charge on any atom is 0.254 e. The highest BCUT2D eigenvalue weighted by Crippen LogP contribution is 2.39. The lowest BCUT2D eigenvalue weighted by molar-refractivity contribution is 0.0692. The van der Waals surface area contributed by atoms with Gasteiger partial charge in [0.1, 0.15) is 5.75 Å². The average molecular weight is 396 g/mol. The third-order valence-electron chi connectivity index (χ3n) is 6.03. The number of hydrogen-bond acceptors (Lipinski definition) is 2. The molecule has 0 aliphatic carbocycles. The number of aromatic nitrogens is 1. The van der Waals surface area contributed by atoms with Crippen LogP contribution < -0.4 is 4.74 Å². The molecule has 1 atom stereocenters. The van der Waals surface area contributed by atoms with Crippen molar-refractivity contribution >= 4 is 16.8 Å². The van der Waals surface area contributed by atoms with Crippen LogP contribution in [0, 0.1) is 6.92 Å². The molecule has 4 heteroatoms. The van der Waals surface area contributed by atoms with Crippen molar-refractivity contribution in [2.75, 3.05) is 13.7 Å². The first-order valence-corrected chi connectivity index (χ1v) is 10.3. The largest absolute Gasteiger partial charge is 0.497 e. The highest BCUT2D eigenvalue weighted by atomic mass is 16.5. The second-order valence-electron chi connectivity index (χ2n) is 7.85. The third-order valence-corrected chi connectivity index (χ3v) is 6.03. The minimum atomic E-state index is -0.166. The van der Waals surface area contributed by atoms with Gasteiger partial charge in [0, 0.05) is 28.7 Å². The first kappa shape index (κ1) is 18.5. The average Bonchev–Trinajstić information content (AvgIpc) is 3.17. The van der Waals surface area contributed by atoms with Crippen molar-refractivity contribution in [3.63, 3.8) is 0 Å². The number of nitrogens with zero attached hydrogens (tertiary/aromatic N) is 1. The Morgan fingerprint density at radius 2 is 1.73 bits per heavy atom. The van der Waals surface area contributed by atoms with E-state index in [-0.39, 0.29) is 11.9 Å². The molecule has 0 fully saturated rings. The number of rotatable bonds is 3. The number of ether oxygens (including phenoxy) is 1. The fourth-order valence-electron chi connectivity index (χ4n) is 4.45. The van der Waals surface area contributed by atoms with Crippen LogP contribution in [0.15, 0.2) is 72.8 Å². The number of aryl methyl sites for hydroxylation is 1. The smallest absolute Gasteiger partial charge is 0.254 e. The molecule has 2 heterocycles. The highest BCUT2D eigenvalue weighted by molar-refractivity contribution is 5.95. The van der Waals surface area contributed by atoms with Crippen LogP contribution in [-0.4, -0.2) is 29.4 Å². The number of amides is 1. The number of H-pyrrole nitrogens is 1. The van der Waals surface area contributed by atoms with Gasteiger partial charge < -0.3 is 14.6 Å². The van der Waals surface area contributed by atoms with E-state index in [1.165, 1.54) is 10.9 Å². The summed E-state index contributed by atoms with van der Waals surface area (Å²) in [4.78, 5) is 19.1. The molecule has 1 N–H and O–H groups in total. The predicted molar refractivity (Wildman–Crippen MR) is 119 cm³/mol. The molecule has 5 rings (SSSR count). The Balaban J connectivity index is 1.64. The number of hydrogen-bond donors (Lipinski definition) is 1. The second kappa shape index (κ2) is 7.38. The maximum atomic E-state index is 13.5. The fourth-order valence-corrected chi connectivity index (χ4v) is 4.45. The Labute approximate surface area is 176 Å². The molecule has 0 spiro atoms. The standard InChI is InChI=1S/C26H24N2O2/c1-17-7-9-19(10-8-17)26(29)28-16-15-22-21-5-3-4-6-23(21)27-24(22)25(28)18-11-13-20(30-2)14-12-18/h3-14,25,27H,15-16H2,1-2H3. The van der Waals surface area contributed by atoms with Crippen LogP contribution in [0.5, 0.6) is 5.75 Å². The van der Waals surface area contributed by atoms with Gasteiger partial charge in [0.25, 0.3) is 5.91 Å². The second-order valence-corrected chi connectivity index (χ2v) is 7.85. The predicted octanol–water partition coefficient (Wildman–Crippen LogP) is 5.27. The van der Waals surface area contributed by atoms with E-state index in [2.05, 4.69) is 35.3 Å². The normalized spacial score (nSPS) is 15.8. The van der Waals surface area contributed by atoms with E-state index in [1.807, 2.05) is 54.3 Å². The van der Waals surface area contributed by atoms with Gasteiger partial charge in [-0.15, -0.1) is 0 Å². The molecule has 1 unspecified atom stereocenters. The lowest BCUT2D eigenvalue weighted by Gasteiger charge is -2.36. The third kappa shape index (κ3) is 3.05. The Kier molecular flexibility index (Phi) is 4.55. The highest BCUT2D eigenvalue weighted by Gasteiger charge is 2.34. The van der Waals surface area contributed by atoms with E-state index in [1.54, 1.807) is 7.11 Å². The molecule has 3 aromatic carbocycles. The fraction of sp³-hybridized carbons (Fsp3) is 0.192. The zero-order valence-electron chi connectivity index (χ0n) is 17.2. The minimum Gasteiger partial charge on any atom is -0.497 e. The first-order chi connectivity index (χ1) is 14.7. The number of para-hydroxylation sites is 1. The summed E-state index contributed by atoms with van der Waals surface area (Å²) in [5.74, 6) is 0.864. The van der Waals surface area contributed by atoms with Crippen molar-refractivity contribution in [1.29, 1.82) is 0 Å². The topological polar surface area (TPSA) is 45.3 Å². The quantitative estimate of drug-likeness (QED) is 0.513. The van der Waals surface area contributed by atoms with E-state index in [9.17, 15) is 4.79 Å². The number of nitrogens with one attached hydrogen (secondary N) is 1. The van der Waals surface area contributed by atoms with E-state index >= 15 is 0 Å². The lowest BCUT2D eigenvalue weighted by Crippen LogP contribution is -2.40. The molecular formula is C26H24N2O2. The van der Waals surface area contributed by atoms with Crippen molar-refractivity contribution in [3.05, 3.63) is 101 Å². The molecular weight excluding hydrogens is 372 g/mol. The van der Waals surface area contributed by atoms with E-state index < -0.39 is 0 Å². The summed E-state index contributed by atoms with van der Waals surface area (Å²) in [6, 6.07) is 24.1. The van der Waals surface area contributed by atoms with Crippen LogP contribution in [0.1, 0.15) is 38.8 Å². The molecule has 4 aromatic rings. The first-order valence-electron chi connectivity index (χ1n) is 10.3. The van der Waals surface area contributed by atoms with Gasteiger partial charge in [0.15, 0.2) is 0 Å². The Morgan fingerprint density at radius 1 is 1.00 bits per heavy atom. The number of carbonyl (C=O) groups is 1. The van der Waals surface area contributed by atoms with Crippen LogP contribution in [0.25, 0.3) is 10.9 Å². The number of fused-ring (bicyclic) bond motifs is 3. The van der Waals surface area contributed by atoms with Crippen molar-refractivity contribution in [2.45, 2.75) is 19.4 Å². The number of aromatic amines is 1. The molecule has 1 amide bonds. The molecule has 150 valence electrons. The van der Waals surface area contributed by atoms with E-state index in [0.717, 1.165) is 40.1 Å². The van der Waals surface area contributed by atoms with Gasteiger partial charge in [0.05, 0.1) is 13.2 Å². The summed E-state index contributed by atoms with van der Waals surface area (Å²) < 4.78 is 5.34. The molecule has 1 aromatic heterocycles. The summed E-state index contributed by atoms with van der Waals surface area (Å²) in [6.45, 7) is 2.71. The molecule has 0 bridgehead atoms. The van der Waals surface area contributed by atoms with Gasteiger partial charge in [-0.1, -0.05) is 48.0 Å². The van der Waals surface area contributed by atoms with Gasteiger partial charge in [-0.2, -0.15) is 0 Å². The van der Waals surface area contributed by atoms with Crippen LogP contribution in [-0.2, 0) is 6.42 Å². The molecule has 4 nitrogen and oxygen atoms in total. The van der Waals surface area contributed by atoms with Gasteiger partial charge in [-0.25, -0.2) is 0 Å². The Bertz CT molecular complexity index is 1210. The summed E-state index contributed by atoms with van der Waals surface area (Å²) in [7, 11) is 1.67. The number of carbonyl (C=O) groups excluding carboxylic acids is 1. The SMILES string of the molecule is COc1ccc(C2c3[nH]c4ccccc4c3CCN2C(=O)c2ccc(C)cc2)cc1. The minimum absolute atomic E-state index is 0.0557. The molecule has 0 saturated carbocycles. The molecule has 1 aliphatic rings. The molecule has 0 saturated heterocycles. The zero-order chi connectivity index (χ0) is 20.7. The summed E-state index contributed by atoms with van der Waals surface area (Å²) >= 11 is 0. The Morgan fingerprint density at radius 3 is 2.47 bits per heavy atom. The lowest BCUT2D eigenvalue weighted by atomic mass is 9.91. The van der Waals surface area contributed by atoms with Crippen LogP contribution in [0.3, 0.4) is 0 Å². The number of methoxy groups -OCH3 is 1. The van der Waals surface area contributed by atoms with Crippen LogP contribution >= 0.6 is 0 Å². The number of benzene rings is 3. The van der Waals surface area contributed by atoms with Gasteiger partial charge in [-0.05, 0) is 54.8 Å².